The van der Waals surface area contributed by atoms with Crippen molar-refractivity contribution in [3.63, 3.8) is 0 Å². The van der Waals surface area contributed by atoms with Crippen LogP contribution in [-0.4, -0.2) is 20.8 Å². The average Bonchev–Trinajstić information content (AvgIpc) is 2.95. The van der Waals surface area contributed by atoms with E-state index < -0.39 is 0 Å². The number of nitrogens with zero attached hydrogens (tertiary/aromatic N) is 3. The molecule has 0 radical (unpaired) electrons. The van der Waals surface area contributed by atoms with Gasteiger partial charge in [-0.15, -0.1) is 11.8 Å². The molecule has 6 heteroatoms. The normalized spacial score (nSPS) is 10.9. The van der Waals surface area contributed by atoms with Gasteiger partial charge in [0, 0.05) is 34.2 Å². The van der Waals surface area contributed by atoms with Crippen molar-refractivity contribution in [2.45, 2.75) is 11.6 Å². The summed E-state index contributed by atoms with van der Waals surface area (Å²) in [6.07, 6.45) is 7.58. The highest BCUT2D eigenvalue weighted by atomic mass is 35.5. The maximum Gasteiger partial charge on any atom is 0.143 e. The van der Waals surface area contributed by atoms with Gasteiger partial charge in [-0.2, -0.15) is 0 Å². The summed E-state index contributed by atoms with van der Waals surface area (Å²) in [4.78, 5) is 8.83. The summed E-state index contributed by atoms with van der Waals surface area (Å²) in [7, 11) is 0. The number of thioether (sulfide) groups is 1. The van der Waals surface area contributed by atoms with Gasteiger partial charge in [-0.05, 0) is 42.2 Å². The van der Waals surface area contributed by atoms with Crippen molar-refractivity contribution in [3.05, 3.63) is 64.5 Å². The molecule has 22 heavy (non-hydrogen) atoms. The maximum atomic E-state index is 6.28. The molecule has 1 aromatic carbocycles. The van der Waals surface area contributed by atoms with E-state index in [4.69, 9.17) is 23.2 Å². The molecule has 0 saturated heterocycles. The SMILES string of the molecule is CSc1cn(Cc2cc(Cl)ccc2Cl)c(-c2cccnc2)n1. The lowest BCUT2D eigenvalue weighted by molar-refractivity contribution is 0.805. The molecule has 0 amide bonds. The summed E-state index contributed by atoms with van der Waals surface area (Å²) in [5.41, 5.74) is 1.94. The third-order valence-corrected chi connectivity index (χ3v) is 4.45. The summed E-state index contributed by atoms with van der Waals surface area (Å²) in [6.45, 7) is 0.608. The molecule has 3 nitrogen and oxygen atoms in total. The monoisotopic (exact) mass is 349 g/mol. The van der Waals surface area contributed by atoms with Gasteiger partial charge < -0.3 is 4.57 Å². The first kappa shape index (κ1) is 15.4. The summed E-state index contributed by atoms with van der Waals surface area (Å²) < 4.78 is 2.07. The summed E-state index contributed by atoms with van der Waals surface area (Å²) in [5, 5.41) is 2.32. The zero-order valence-corrected chi connectivity index (χ0v) is 14.2. The van der Waals surface area contributed by atoms with E-state index in [1.54, 1.807) is 24.0 Å². The third kappa shape index (κ3) is 3.29. The Morgan fingerprint density at radius 2 is 2.09 bits per heavy atom. The zero-order valence-electron chi connectivity index (χ0n) is 11.8. The van der Waals surface area contributed by atoms with E-state index in [1.807, 2.05) is 42.9 Å². The van der Waals surface area contributed by atoms with Crippen molar-refractivity contribution in [1.29, 1.82) is 0 Å². The molecule has 0 aliphatic heterocycles. The Morgan fingerprint density at radius 3 is 2.82 bits per heavy atom. The molecule has 2 aromatic heterocycles. The van der Waals surface area contributed by atoms with Crippen LogP contribution in [-0.2, 0) is 6.54 Å². The van der Waals surface area contributed by atoms with Gasteiger partial charge in [0.1, 0.15) is 10.9 Å². The van der Waals surface area contributed by atoms with E-state index in [9.17, 15) is 0 Å². The first-order valence-corrected chi connectivity index (χ1v) is 8.61. The Kier molecular flexibility index (Phi) is 4.71. The Hall–Kier alpha value is -1.49. The molecule has 0 aliphatic rings. The van der Waals surface area contributed by atoms with Crippen LogP contribution in [0.2, 0.25) is 10.0 Å². The molecule has 0 spiro atoms. The van der Waals surface area contributed by atoms with Gasteiger partial charge in [0.2, 0.25) is 0 Å². The second-order valence-electron chi connectivity index (χ2n) is 4.71. The van der Waals surface area contributed by atoms with E-state index in [1.165, 1.54) is 0 Å². The van der Waals surface area contributed by atoms with Crippen LogP contribution in [0.3, 0.4) is 0 Å². The highest BCUT2D eigenvalue weighted by molar-refractivity contribution is 7.98. The molecule has 0 fully saturated rings. The Bertz CT molecular complexity index is 787. The fourth-order valence-electron chi connectivity index (χ4n) is 2.18. The van der Waals surface area contributed by atoms with E-state index in [0.717, 1.165) is 22.0 Å². The van der Waals surface area contributed by atoms with Crippen LogP contribution >= 0.6 is 35.0 Å². The number of halogens is 2. The van der Waals surface area contributed by atoms with Crippen molar-refractivity contribution in [2.24, 2.45) is 0 Å². The lowest BCUT2D eigenvalue weighted by Crippen LogP contribution is -2.02. The molecule has 112 valence electrons. The Morgan fingerprint density at radius 1 is 1.23 bits per heavy atom. The number of pyridine rings is 1. The molecular formula is C16H13Cl2N3S. The minimum absolute atomic E-state index is 0.608. The van der Waals surface area contributed by atoms with Crippen LogP contribution < -0.4 is 0 Å². The predicted octanol–water partition coefficient (Wildman–Crippen LogP) is 5.02. The van der Waals surface area contributed by atoms with Crippen LogP contribution in [0.1, 0.15) is 5.56 Å². The number of aromatic nitrogens is 3. The second-order valence-corrected chi connectivity index (χ2v) is 6.38. The van der Waals surface area contributed by atoms with Gasteiger partial charge in [0.15, 0.2) is 0 Å². The van der Waals surface area contributed by atoms with Crippen LogP contribution in [0.5, 0.6) is 0 Å². The lowest BCUT2D eigenvalue weighted by Gasteiger charge is -2.09. The van der Waals surface area contributed by atoms with Crippen molar-refractivity contribution >= 4 is 35.0 Å². The van der Waals surface area contributed by atoms with Crippen molar-refractivity contribution < 1.29 is 0 Å². The Labute approximate surface area is 143 Å². The fourth-order valence-corrected chi connectivity index (χ4v) is 2.97. The average molecular weight is 350 g/mol. The fraction of sp³-hybridized carbons (Fsp3) is 0.125. The van der Waals surface area contributed by atoms with Gasteiger partial charge in [0.05, 0.1) is 6.54 Å². The highest BCUT2D eigenvalue weighted by Crippen LogP contribution is 2.26. The molecule has 0 aliphatic carbocycles. The van der Waals surface area contributed by atoms with Crippen LogP contribution in [0, 0.1) is 0 Å². The number of rotatable bonds is 4. The first-order valence-electron chi connectivity index (χ1n) is 6.63. The first-order chi connectivity index (χ1) is 10.7. The van der Waals surface area contributed by atoms with Gasteiger partial charge in [-0.1, -0.05) is 23.2 Å². The predicted molar refractivity (Wildman–Crippen MR) is 92.8 cm³/mol. The van der Waals surface area contributed by atoms with E-state index in [-0.39, 0.29) is 0 Å². The van der Waals surface area contributed by atoms with Crippen LogP contribution in [0.15, 0.2) is 53.9 Å². The topological polar surface area (TPSA) is 30.7 Å². The maximum absolute atomic E-state index is 6.28. The van der Waals surface area contributed by atoms with Gasteiger partial charge in [-0.25, -0.2) is 4.98 Å². The summed E-state index contributed by atoms with van der Waals surface area (Å²) in [5.74, 6) is 0.869. The van der Waals surface area contributed by atoms with Gasteiger partial charge in [-0.3, -0.25) is 4.98 Å². The molecule has 0 bridgehead atoms. The lowest BCUT2D eigenvalue weighted by atomic mass is 10.2. The van der Waals surface area contributed by atoms with E-state index >= 15 is 0 Å². The Balaban J connectivity index is 2.03. The van der Waals surface area contributed by atoms with E-state index in [2.05, 4.69) is 14.5 Å². The third-order valence-electron chi connectivity index (χ3n) is 3.23. The van der Waals surface area contributed by atoms with Crippen LogP contribution in [0.25, 0.3) is 11.4 Å². The minimum atomic E-state index is 0.608. The van der Waals surface area contributed by atoms with Crippen LogP contribution in [0.4, 0.5) is 0 Å². The minimum Gasteiger partial charge on any atom is -0.325 e. The second kappa shape index (κ2) is 6.73. The van der Waals surface area contributed by atoms with E-state index in [0.29, 0.717) is 16.6 Å². The molecule has 0 atom stereocenters. The molecule has 3 aromatic rings. The van der Waals surface area contributed by atoms with Crippen molar-refractivity contribution in [2.75, 3.05) is 6.26 Å². The molecule has 0 unspecified atom stereocenters. The van der Waals surface area contributed by atoms with Gasteiger partial charge in [0.25, 0.3) is 0 Å². The molecular weight excluding hydrogens is 337 g/mol. The molecule has 0 saturated carbocycles. The smallest absolute Gasteiger partial charge is 0.143 e. The zero-order chi connectivity index (χ0) is 15.5. The highest BCUT2D eigenvalue weighted by Gasteiger charge is 2.12. The molecule has 2 heterocycles. The quantitative estimate of drug-likeness (QED) is 0.619. The van der Waals surface area contributed by atoms with Crippen molar-refractivity contribution in [3.8, 4) is 11.4 Å². The largest absolute Gasteiger partial charge is 0.325 e. The summed E-state index contributed by atoms with van der Waals surface area (Å²) >= 11 is 14.0. The standard InChI is InChI=1S/C16H13Cl2N3S/c1-22-15-10-21(9-12-7-13(17)4-5-14(12)18)16(20-15)11-3-2-6-19-8-11/h2-8,10H,9H2,1H3. The number of hydrogen-bond donors (Lipinski definition) is 0. The number of imidazole rings is 1. The van der Waals surface area contributed by atoms with Gasteiger partial charge >= 0.3 is 0 Å². The summed E-state index contributed by atoms with van der Waals surface area (Å²) in [6, 6.07) is 9.39. The number of hydrogen-bond acceptors (Lipinski definition) is 3. The number of benzene rings is 1. The molecule has 0 N–H and O–H groups in total. The van der Waals surface area contributed by atoms with Crippen molar-refractivity contribution in [1.82, 2.24) is 14.5 Å². The molecule has 3 rings (SSSR count).